The Labute approximate surface area is 97.7 Å². The van der Waals surface area contributed by atoms with E-state index in [0.717, 1.165) is 12.0 Å². The number of aliphatic hydroxyl groups excluding tert-OH is 1. The van der Waals surface area contributed by atoms with Gasteiger partial charge >= 0.3 is 0 Å². The summed E-state index contributed by atoms with van der Waals surface area (Å²) in [6.07, 6.45) is 2.34. The number of aliphatic hydroxyl groups is 1. The van der Waals surface area contributed by atoms with Crippen LogP contribution in [0.2, 0.25) is 0 Å². The highest BCUT2D eigenvalue weighted by molar-refractivity contribution is 5.73. The lowest BCUT2D eigenvalue weighted by Gasteiger charge is -1.88. The van der Waals surface area contributed by atoms with Crippen molar-refractivity contribution < 1.29 is 9.90 Å². The van der Waals surface area contributed by atoms with Crippen LogP contribution in [0.4, 0.5) is 0 Å². The van der Waals surface area contributed by atoms with Crippen molar-refractivity contribution in [2.24, 2.45) is 0 Å². The maximum atomic E-state index is 10.1. The summed E-state index contributed by atoms with van der Waals surface area (Å²) in [5.74, 6) is 0. The number of likely N-dealkylation sites (N-methyl/N-ethyl adjacent to an activating group) is 1. The van der Waals surface area contributed by atoms with E-state index in [-0.39, 0.29) is 6.61 Å². The third-order valence-electron chi connectivity index (χ3n) is 1.43. The van der Waals surface area contributed by atoms with Crippen molar-refractivity contribution in [3.8, 4) is 0 Å². The SMILES string of the molecule is CC.CNCCO.Cc1ccc(C=O)cn1. The molecular formula is C12H22N2O2. The molecule has 16 heavy (non-hydrogen) atoms. The first kappa shape index (κ1) is 17.1. The van der Waals surface area contributed by atoms with Crippen LogP contribution in [0.15, 0.2) is 18.3 Å². The summed E-state index contributed by atoms with van der Waals surface area (Å²) < 4.78 is 0. The van der Waals surface area contributed by atoms with Gasteiger partial charge in [0.15, 0.2) is 6.29 Å². The minimum absolute atomic E-state index is 0.233. The van der Waals surface area contributed by atoms with Gasteiger partial charge in [0.1, 0.15) is 0 Å². The van der Waals surface area contributed by atoms with Gasteiger partial charge in [-0.1, -0.05) is 13.8 Å². The molecule has 0 aliphatic carbocycles. The highest BCUT2D eigenvalue weighted by atomic mass is 16.3. The number of hydrogen-bond acceptors (Lipinski definition) is 4. The Kier molecular flexibility index (Phi) is 14.7. The van der Waals surface area contributed by atoms with Crippen LogP contribution >= 0.6 is 0 Å². The van der Waals surface area contributed by atoms with Crippen molar-refractivity contribution in [3.05, 3.63) is 29.6 Å². The molecule has 0 unspecified atom stereocenters. The van der Waals surface area contributed by atoms with Gasteiger partial charge in [0, 0.05) is 24.0 Å². The topological polar surface area (TPSA) is 62.2 Å². The fourth-order valence-corrected chi connectivity index (χ4v) is 0.661. The molecule has 0 bridgehead atoms. The Morgan fingerprint density at radius 3 is 2.31 bits per heavy atom. The maximum Gasteiger partial charge on any atom is 0.151 e. The number of hydrogen-bond donors (Lipinski definition) is 2. The van der Waals surface area contributed by atoms with Gasteiger partial charge in [-0.05, 0) is 26.1 Å². The maximum absolute atomic E-state index is 10.1. The Hall–Kier alpha value is -1.26. The van der Waals surface area contributed by atoms with Gasteiger partial charge in [-0.25, -0.2) is 0 Å². The highest BCUT2D eigenvalue weighted by Gasteiger charge is 1.86. The quantitative estimate of drug-likeness (QED) is 0.765. The van der Waals surface area contributed by atoms with Crippen LogP contribution in [0.5, 0.6) is 0 Å². The van der Waals surface area contributed by atoms with E-state index in [2.05, 4.69) is 10.3 Å². The summed E-state index contributed by atoms with van der Waals surface area (Å²) >= 11 is 0. The van der Waals surface area contributed by atoms with Crippen molar-refractivity contribution in [2.45, 2.75) is 20.8 Å². The molecule has 2 N–H and O–H groups in total. The van der Waals surface area contributed by atoms with Crippen LogP contribution in [0.1, 0.15) is 29.9 Å². The van der Waals surface area contributed by atoms with Crippen molar-refractivity contribution >= 4 is 6.29 Å². The molecule has 0 atom stereocenters. The molecule has 1 aromatic rings. The van der Waals surface area contributed by atoms with Gasteiger partial charge in [-0.2, -0.15) is 0 Å². The van der Waals surface area contributed by atoms with Crippen molar-refractivity contribution in [1.82, 2.24) is 10.3 Å². The highest BCUT2D eigenvalue weighted by Crippen LogP contribution is 1.94. The number of pyridine rings is 1. The second kappa shape index (κ2) is 13.7. The number of nitrogens with zero attached hydrogens (tertiary/aromatic N) is 1. The molecule has 1 rings (SSSR count). The van der Waals surface area contributed by atoms with Crippen LogP contribution in [-0.4, -0.2) is 36.6 Å². The molecular weight excluding hydrogens is 204 g/mol. The number of aromatic nitrogens is 1. The lowest BCUT2D eigenvalue weighted by molar-refractivity contribution is 0.112. The first-order valence-electron chi connectivity index (χ1n) is 5.38. The first-order valence-corrected chi connectivity index (χ1v) is 5.38. The fraction of sp³-hybridized carbons (Fsp3) is 0.500. The molecule has 0 saturated carbocycles. The van der Waals surface area contributed by atoms with Crippen LogP contribution < -0.4 is 5.32 Å². The predicted octanol–water partition coefficient (Wildman–Crippen LogP) is 1.43. The molecule has 0 amide bonds. The Balaban J connectivity index is 0. The van der Waals surface area contributed by atoms with Gasteiger partial charge in [-0.15, -0.1) is 0 Å². The molecule has 0 aliphatic rings. The number of carbonyl (C=O) groups is 1. The molecule has 4 nitrogen and oxygen atoms in total. The van der Waals surface area contributed by atoms with E-state index in [4.69, 9.17) is 5.11 Å². The zero-order chi connectivity index (χ0) is 12.8. The van der Waals surface area contributed by atoms with Crippen molar-refractivity contribution in [1.29, 1.82) is 0 Å². The van der Waals surface area contributed by atoms with E-state index in [1.807, 2.05) is 26.8 Å². The second-order valence-electron chi connectivity index (χ2n) is 2.68. The average molecular weight is 226 g/mol. The predicted molar refractivity (Wildman–Crippen MR) is 66.7 cm³/mol. The standard InChI is InChI=1S/C7H7NO.C3H9NO.C2H6/c1-6-2-3-7(5-9)4-8-6;1-4-2-3-5;1-2/h2-5H,1H3;4-5H,2-3H2,1H3;1-2H3. The lowest BCUT2D eigenvalue weighted by Crippen LogP contribution is -2.10. The van der Waals surface area contributed by atoms with Crippen LogP contribution in [0.25, 0.3) is 0 Å². The van der Waals surface area contributed by atoms with Crippen LogP contribution in [0.3, 0.4) is 0 Å². The lowest BCUT2D eigenvalue weighted by atomic mass is 10.3. The number of aldehydes is 1. The zero-order valence-corrected chi connectivity index (χ0v) is 10.5. The average Bonchev–Trinajstić information content (AvgIpc) is 2.34. The van der Waals surface area contributed by atoms with E-state index >= 15 is 0 Å². The first-order chi connectivity index (χ1) is 7.74. The van der Waals surface area contributed by atoms with E-state index < -0.39 is 0 Å². The number of carbonyl (C=O) groups excluding carboxylic acids is 1. The minimum Gasteiger partial charge on any atom is -0.395 e. The molecule has 4 heteroatoms. The Morgan fingerprint density at radius 2 is 2.06 bits per heavy atom. The monoisotopic (exact) mass is 226 g/mol. The van der Waals surface area contributed by atoms with Gasteiger partial charge < -0.3 is 10.4 Å². The van der Waals surface area contributed by atoms with Gasteiger partial charge in [0.05, 0.1) is 6.61 Å². The zero-order valence-electron chi connectivity index (χ0n) is 10.5. The second-order valence-corrected chi connectivity index (χ2v) is 2.68. The summed E-state index contributed by atoms with van der Waals surface area (Å²) in [5, 5.41) is 10.8. The van der Waals surface area contributed by atoms with E-state index in [1.165, 1.54) is 0 Å². The summed E-state index contributed by atoms with van der Waals surface area (Å²) in [7, 11) is 1.80. The van der Waals surface area contributed by atoms with Gasteiger partial charge in [0.2, 0.25) is 0 Å². The molecule has 92 valence electrons. The minimum atomic E-state index is 0.233. The number of nitrogens with one attached hydrogen (secondary N) is 1. The Morgan fingerprint density at radius 1 is 1.44 bits per heavy atom. The van der Waals surface area contributed by atoms with Crippen LogP contribution in [-0.2, 0) is 0 Å². The summed E-state index contributed by atoms with van der Waals surface area (Å²) in [6.45, 7) is 6.81. The molecule has 0 fully saturated rings. The van der Waals surface area contributed by atoms with Gasteiger partial charge in [0.25, 0.3) is 0 Å². The molecule has 1 heterocycles. The number of aryl methyl sites for hydroxylation is 1. The molecule has 0 aliphatic heterocycles. The van der Waals surface area contributed by atoms with Crippen LogP contribution in [0, 0.1) is 6.92 Å². The fourth-order valence-electron chi connectivity index (χ4n) is 0.661. The van der Waals surface area contributed by atoms with E-state index in [1.54, 1.807) is 19.3 Å². The van der Waals surface area contributed by atoms with E-state index in [0.29, 0.717) is 12.1 Å². The van der Waals surface area contributed by atoms with Crippen molar-refractivity contribution in [2.75, 3.05) is 20.2 Å². The van der Waals surface area contributed by atoms with Crippen molar-refractivity contribution in [3.63, 3.8) is 0 Å². The summed E-state index contributed by atoms with van der Waals surface area (Å²) in [5.41, 5.74) is 1.56. The largest absolute Gasteiger partial charge is 0.395 e. The molecule has 1 aromatic heterocycles. The summed E-state index contributed by atoms with van der Waals surface area (Å²) in [4.78, 5) is 14.0. The normalized spacial score (nSPS) is 8.06. The number of rotatable bonds is 3. The smallest absolute Gasteiger partial charge is 0.151 e. The summed E-state index contributed by atoms with van der Waals surface area (Å²) in [6, 6.07) is 3.55. The molecule has 0 spiro atoms. The molecule has 0 saturated heterocycles. The third kappa shape index (κ3) is 10.8. The molecule has 0 radical (unpaired) electrons. The van der Waals surface area contributed by atoms with Gasteiger partial charge in [-0.3, -0.25) is 9.78 Å². The molecule has 0 aromatic carbocycles. The van der Waals surface area contributed by atoms with E-state index in [9.17, 15) is 4.79 Å². The Bertz CT molecular complexity index is 246. The third-order valence-corrected chi connectivity index (χ3v) is 1.43.